The zero-order valence-electron chi connectivity index (χ0n) is 11.7. The summed E-state index contributed by atoms with van der Waals surface area (Å²) in [5.74, 6) is -1.22. The number of hydrogen-bond acceptors (Lipinski definition) is 4. The number of H-pyrrole nitrogens is 1. The van der Waals surface area contributed by atoms with Gasteiger partial charge in [0.25, 0.3) is 0 Å². The zero-order valence-corrected chi connectivity index (χ0v) is 11.7. The summed E-state index contributed by atoms with van der Waals surface area (Å²) in [6, 6.07) is -0.879. The van der Waals surface area contributed by atoms with Crippen molar-refractivity contribution < 1.29 is 14.7 Å². The van der Waals surface area contributed by atoms with Gasteiger partial charge in [-0.3, -0.25) is 4.79 Å². The standard InChI is InChI=1S/C13H20N4O3/c1-3-13(2,6-14)12(20)17-5-9-8(15-7-16-9)4-10(17)11(18)19/h7,10H,3-6,14H2,1-2H3,(H,15,16)(H,18,19). The van der Waals surface area contributed by atoms with E-state index in [-0.39, 0.29) is 25.4 Å². The predicted octanol–water partition coefficient (Wildman–Crippen LogP) is 0.123. The van der Waals surface area contributed by atoms with E-state index in [0.717, 1.165) is 5.69 Å². The Labute approximate surface area is 117 Å². The number of nitrogens with zero attached hydrogens (tertiary/aromatic N) is 2. The van der Waals surface area contributed by atoms with Gasteiger partial charge in [0.15, 0.2) is 0 Å². The molecule has 7 heteroatoms. The zero-order chi connectivity index (χ0) is 14.9. The minimum atomic E-state index is -1.01. The van der Waals surface area contributed by atoms with Gasteiger partial charge in [-0.25, -0.2) is 9.78 Å². The molecule has 1 aromatic rings. The maximum absolute atomic E-state index is 12.7. The molecule has 0 aromatic carbocycles. The van der Waals surface area contributed by atoms with Crippen molar-refractivity contribution in [2.45, 2.75) is 39.3 Å². The number of nitrogens with two attached hydrogens (primary N) is 1. The molecule has 0 bridgehead atoms. The highest BCUT2D eigenvalue weighted by Gasteiger charge is 2.42. The second kappa shape index (κ2) is 5.24. The first kappa shape index (κ1) is 14.5. The molecule has 0 fully saturated rings. The number of carbonyl (C=O) groups is 2. The molecule has 0 aliphatic carbocycles. The molecule has 0 saturated carbocycles. The summed E-state index contributed by atoms with van der Waals surface area (Å²) in [6.07, 6.45) is 2.32. The van der Waals surface area contributed by atoms with Crippen LogP contribution in [0.3, 0.4) is 0 Å². The van der Waals surface area contributed by atoms with Crippen LogP contribution < -0.4 is 5.73 Å². The number of carbonyl (C=O) groups excluding carboxylic acids is 1. The van der Waals surface area contributed by atoms with Crippen LogP contribution in [0, 0.1) is 5.41 Å². The van der Waals surface area contributed by atoms with Gasteiger partial charge in [0.1, 0.15) is 6.04 Å². The van der Waals surface area contributed by atoms with E-state index >= 15 is 0 Å². The van der Waals surface area contributed by atoms with E-state index in [1.165, 1.54) is 11.2 Å². The van der Waals surface area contributed by atoms with Gasteiger partial charge in [-0.05, 0) is 13.3 Å². The average Bonchev–Trinajstić information content (AvgIpc) is 2.91. The summed E-state index contributed by atoms with van der Waals surface area (Å²) in [5.41, 5.74) is 6.49. The summed E-state index contributed by atoms with van der Waals surface area (Å²) in [7, 11) is 0. The summed E-state index contributed by atoms with van der Waals surface area (Å²) in [5, 5.41) is 9.37. The lowest BCUT2D eigenvalue weighted by Crippen LogP contribution is -2.54. The van der Waals surface area contributed by atoms with Crippen LogP contribution in [0.5, 0.6) is 0 Å². The highest BCUT2D eigenvalue weighted by atomic mass is 16.4. The third-order valence-corrected chi connectivity index (χ3v) is 4.19. The molecule has 2 atom stereocenters. The number of imidazole rings is 1. The van der Waals surface area contributed by atoms with Gasteiger partial charge in [-0.1, -0.05) is 6.92 Å². The van der Waals surface area contributed by atoms with Gasteiger partial charge >= 0.3 is 5.97 Å². The van der Waals surface area contributed by atoms with Crippen molar-refractivity contribution in [2.24, 2.45) is 11.1 Å². The second-order valence-corrected chi connectivity index (χ2v) is 5.44. The van der Waals surface area contributed by atoms with Crippen molar-refractivity contribution in [3.8, 4) is 0 Å². The Morgan fingerprint density at radius 3 is 2.90 bits per heavy atom. The van der Waals surface area contributed by atoms with Crippen LogP contribution in [-0.4, -0.2) is 44.4 Å². The number of aromatic nitrogens is 2. The number of amides is 1. The number of carboxylic acid groups (broad SMARTS) is 1. The van der Waals surface area contributed by atoms with E-state index in [4.69, 9.17) is 5.73 Å². The second-order valence-electron chi connectivity index (χ2n) is 5.44. The van der Waals surface area contributed by atoms with Crippen molar-refractivity contribution in [3.05, 3.63) is 17.7 Å². The van der Waals surface area contributed by atoms with E-state index in [1.807, 2.05) is 6.92 Å². The van der Waals surface area contributed by atoms with Crippen molar-refractivity contribution in [2.75, 3.05) is 6.54 Å². The van der Waals surface area contributed by atoms with E-state index < -0.39 is 17.4 Å². The molecule has 0 radical (unpaired) electrons. The average molecular weight is 280 g/mol. The summed E-state index contributed by atoms with van der Waals surface area (Å²) >= 11 is 0. The van der Waals surface area contributed by atoms with Crippen LogP contribution in [0.15, 0.2) is 6.33 Å². The lowest BCUT2D eigenvalue weighted by molar-refractivity contribution is -0.156. The van der Waals surface area contributed by atoms with E-state index in [2.05, 4.69) is 9.97 Å². The lowest BCUT2D eigenvalue weighted by Gasteiger charge is -2.38. The quantitative estimate of drug-likeness (QED) is 0.725. The van der Waals surface area contributed by atoms with Gasteiger partial charge in [0.05, 0.1) is 29.7 Å². The first-order valence-corrected chi connectivity index (χ1v) is 6.68. The molecule has 1 aliphatic heterocycles. The third kappa shape index (κ3) is 2.29. The van der Waals surface area contributed by atoms with Crippen molar-refractivity contribution in [1.82, 2.24) is 14.9 Å². The fourth-order valence-electron chi connectivity index (χ4n) is 2.40. The molecule has 0 saturated heterocycles. The number of carboxylic acids is 1. The van der Waals surface area contributed by atoms with Gasteiger partial charge in [0.2, 0.25) is 5.91 Å². The predicted molar refractivity (Wildman–Crippen MR) is 71.7 cm³/mol. The molecule has 4 N–H and O–H groups in total. The van der Waals surface area contributed by atoms with Gasteiger partial charge in [-0.2, -0.15) is 0 Å². The molecule has 1 aliphatic rings. The molecular formula is C13H20N4O3. The maximum atomic E-state index is 12.7. The summed E-state index contributed by atoms with van der Waals surface area (Å²) < 4.78 is 0. The van der Waals surface area contributed by atoms with Crippen LogP contribution in [0.4, 0.5) is 0 Å². The molecule has 1 amide bonds. The first-order valence-electron chi connectivity index (χ1n) is 6.68. The molecule has 20 heavy (non-hydrogen) atoms. The highest BCUT2D eigenvalue weighted by Crippen LogP contribution is 2.29. The fraction of sp³-hybridized carbons (Fsp3) is 0.615. The van der Waals surface area contributed by atoms with E-state index in [1.54, 1.807) is 6.92 Å². The van der Waals surface area contributed by atoms with Crippen LogP contribution in [0.25, 0.3) is 0 Å². The summed E-state index contributed by atoms with van der Waals surface area (Å²) in [6.45, 7) is 4.09. The van der Waals surface area contributed by atoms with Gasteiger partial charge < -0.3 is 20.7 Å². The van der Waals surface area contributed by atoms with Gasteiger partial charge in [-0.15, -0.1) is 0 Å². The first-order chi connectivity index (χ1) is 9.42. The monoisotopic (exact) mass is 280 g/mol. The highest BCUT2D eigenvalue weighted by molar-refractivity contribution is 5.88. The number of hydrogen-bond donors (Lipinski definition) is 3. The Morgan fingerprint density at radius 1 is 1.65 bits per heavy atom. The molecule has 2 heterocycles. The van der Waals surface area contributed by atoms with E-state index in [9.17, 15) is 14.7 Å². The Hall–Kier alpha value is -1.89. The Morgan fingerprint density at radius 2 is 2.35 bits per heavy atom. The minimum Gasteiger partial charge on any atom is -0.480 e. The Kier molecular flexibility index (Phi) is 3.80. The van der Waals surface area contributed by atoms with Crippen LogP contribution in [-0.2, 0) is 22.6 Å². The maximum Gasteiger partial charge on any atom is 0.326 e. The van der Waals surface area contributed by atoms with Crippen LogP contribution >= 0.6 is 0 Å². The number of nitrogens with one attached hydrogen (secondary N) is 1. The fourth-order valence-corrected chi connectivity index (χ4v) is 2.40. The number of aromatic amines is 1. The molecule has 1 aromatic heterocycles. The van der Waals surface area contributed by atoms with Crippen LogP contribution in [0.2, 0.25) is 0 Å². The molecule has 7 nitrogen and oxygen atoms in total. The SMILES string of the molecule is CCC(C)(CN)C(=O)N1Cc2[nH]cnc2CC1C(=O)O. The van der Waals surface area contributed by atoms with E-state index in [0.29, 0.717) is 12.1 Å². The van der Waals surface area contributed by atoms with Crippen molar-refractivity contribution in [3.63, 3.8) is 0 Å². The molecule has 110 valence electrons. The van der Waals surface area contributed by atoms with Crippen molar-refractivity contribution >= 4 is 11.9 Å². The molecule has 0 spiro atoms. The number of fused-ring (bicyclic) bond motifs is 1. The minimum absolute atomic E-state index is 0.195. The molecular weight excluding hydrogens is 260 g/mol. The smallest absolute Gasteiger partial charge is 0.326 e. The van der Waals surface area contributed by atoms with Crippen LogP contribution in [0.1, 0.15) is 31.7 Å². The Bertz CT molecular complexity index is 521. The van der Waals surface area contributed by atoms with Crippen molar-refractivity contribution in [1.29, 1.82) is 0 Å². The summed E-state index contributed by atoms with van der Waals surface area (Å²) in [4.78, 5) is 32.6. The molecule has 2 unspecified atom stereocenters. The third-order valence-electron chi connectivity index (χ3n) is 4.19. The largest absolute Gasteiger partial charge is 0.480 e. The number of aliphatic carboxylic acids is 1. The number of rotatable bonds is 4. The molecule has 2 rings (SSSR count). The van der Waals surface area contributed by atoms with Gasteiger partial charge in [0, 0.05) is 13.0 Å². The normalized spacial score (nSPS) is 21.1. The topological polar surface area (TPSA) is 112 Å². The lowest BCUT2D eigenvalue weighted by atomic mass is 9.84. The Balaban J connectivity index is 2.33.